The molecule has 1 heterocycles. The van der Waals surface area contributed by atoms with E-state index in [-0.39, 0.29) is 16.7 Å². The minimum Gasteiger partial charge on any atom is -0.373 e. The number of aryl methyl sites for hydroxylation is 1. The molecule has 1 atom stereocenters. The van der Waals surface area contributed by atoms with Crippen molar-refractivity contribution in [2.45, 2.75) is 13.0 Å². The highest BCUT2D eigenvalue weighted by molar-refractivity contribution is 9.10. The zero-order valence-electron chi connectivity index (χ0n) is 10.6. The summed E-state index contributed by atoms with van der Waals surface area (Å²) >= 11 is 3.41. The molecule has 1 unspecified atom stereocenters. The van der Waals surface area contributed by atoms with Gasteiger partial charge in [0.15, 0.2) is 0 Å². The summed E-state index contributed by atoms with van der Waals surface area (Å²) in [6, 6.07) is 3.39. The summed E-state index contributed by atoms with van der Waals surface area (Å²) in [7, 11) is 0. The van der Waals surface area contributed by atoms with Crippen molar-refractivity contribution in [1.82, 2.24) is 0 Å². The molecule has 0 saturated carbocycles. The van der Waals surface area contributed by atoms with Crippen LogP contribution in [0.1, 0.15) is 5.56 Å². The normalized spacial score (nSPS) is 19.5. The molecule has 6 nitrogen and oxygen atoms in total. The van der Waals surface area contributed by atoms with Gasteiger partial charge in [-0.1, -0.05) is 0 Å². The van der Waals surface area contributed by atoms with Gasteiger partial charge in [0.05, 0.1) is 23.3 Å². The van der Waals surface area contributed by atoms with E-state index in [0.717, 1.165) is 16.7 Å². The van der Waals surface area contributed by atoms with Crippen LogP contribution in [0.15, 0.2) is 16.6 Å². The number of hydrogen-bond acceptors (Lipinski definition) is 5. The van der Waals surface area contributed by atoms with Crippen LogP contribution in [0.25, 0.3) is 0 Å². The molecule has 19 heavy (non-hydrogen) atoms. The van der Waals surface area contributed by atoms with Crippen molar-refractivity contribution >= 4 is 27.3 Å². The number of morpholine rings is 1. The lowest BCUT2D eigenvalue weighted by atomic mass is 10.1. The van der Waals surface area contributed by atoms with Crippen LogP contribution in [-0.2, 0) is 4.74 Å². The van der Waals surface area contributed by atoms with Gasteiger partial charge in [0.2, 0.25) is 0 Å². The lowest BCUT2D eigenvalue weighted by Crippen LogP contribution is -2.45. The lowest BCUT2D eigenvalue weighted by molar-refractivity contribution is -0.385. The fourth-order valence-electron chi connectivity index (χ4n) is 2.18. The largest absolute Gasteiger partial charge is 0.373 e. The predicted octanol–water partition coefficient (Wildman–Crippen LogP) is 1.83. The van der Waals surface area contributed by atoms with Crippen LogP contribution >= 0.6 is 15.9 Å². The SMILES string of the molecule is Cc1cc(N2CCOC(CN)C2)c(Br)cc1[N+](=O)[O-]. The van der Waals surface area contributed by atoms with Crippen LogP contribution in [-0.4, -0.2) is 37.3 Å². The van der Waals surface area contributed by atoms with Gasteiger partial charge in [-0.15, -0.1) is 0 Å². The lowest BCUT2D eigenvalue weighted by Gasteiger charge is -2.34. The van der Waals surface area contributed by atoms with Crippen molar-refractivity contribution in [2.75, 3.05) is 31.1 Å². The van der Waals surface area contributed by atoms with E-state index in [0.29, 0.717) is 25.3 Å². The molecule has 0 radical (unpaired) electrons. The van der Waals surface area contributed by atoms with Gasteiger partial charge in [0.1, 0.15) is 0 Å². The number of halogens is 1. The summed E-state index contributed by atoms with van der Waals surface area (Å²) in [5, 5.41) is 10.9. The van der Waals surface area contributed by atoms with E-state index in [9.17, 15) is 10.1 Å². The Labute approximate surface area is 119 Å². The molecule has 0 aromatic heterocycles. The van der Waals surface area contributed by atoms with E-state index in [1.54, 1.807) is 13.0 Å². The van der Waals surface area contributed by atoms with E-state index in [2.05, 4.69) is 20.8 Å². The van der Waals surface area contributed by atoms with Crippen LogP contribution in [0.3, 0.4) is 0 Å². The topological polar surface area (TPSA) is 81.6 Å². The Bertz CT molecular complexity index is 495. The number of benzene rings is 1. The van der Waals surface area contributed by atoms with Gasteiger partial charge in [-0.3, -0.25) is 10.1 Å². The van der Waals surface area contributed by atoms with Crippen molar-refractivity contribution in [3.8, 4) is 0 Å². The van der Waals surface area contributed by atoms with Crippen LogP contribution in [0.2, 0.25) is 0 Å². The quantitative estimate of drug-likeness (QED) is 0.675. The van der Waals surface area contributed by atoms with Gasteiger partial charge >= 0.3 is 0 Å². The van der Waals surface area contributed by atoms with E-state index < -0.39 is 0 Å². The number of ether oxygens (including phenoxy) is 1. The first-order valence-corrected chi connectivity index (χ1v) is 6.83. The van der Waals surface area contributed by atoms with Crippen LogP contribution in [0.5, 0.6) is 0 Å². The average Bonchev–Trinajstić information content (AvgIpc) is 2.40. The van der Waals surface area contributed by atoms with Gasteiger partial charge in [0, 0.05) is 35.7 Å². The van der Waals surface area contributed by atoms with Crippen molar-refractivity contribution in [3.05, 3.63) is 32.3 Å². The molecule has 104 valence electrons. The fourth-order valence-corrected chi connectivity index (χ4v) is 2.76. The highest BCUT2D eigenvalue weighted by atomic mass is 79.9. The monoisotopic (exact) mass is 329 g/mol. The summed E-state index contributed by atoms with van der Waals surface area (Å²) in [5.41, 5.74) is 7.35. The van der Waals surface area contributed by atoms with Gasteiger partial charge < -0.3 is 15.4 Å². The molecule has 1 aromatic rings. The number of nitrogens with zero attached hydrogens (tertiary/aromatic N) is 2. The van der Waals surface area contributed by atoms with Gasteiger partial charge in [-0.05, 0) is 28.9 Å². The summed E-state index contributed by atoms with van der Waals surface area (Å²) < 4.78 is 6.25. The molecular weight excluding hydrogens is 314 g/mol. The first kappa shape index (κ1) is 14.2. The Morgan fingerprint density at radius 3 is 3.00 bits per heavy atom. The van der Waals surface area contributed by atoms with Gasteiger partial charge in [0.25, 0.3) is 5.69 Å². The standard InChI is InChI=1S/C12H16BrN3O3/c1-8-4-12(10(13)5-11(8)16(17)18)15-2-3-19-9(6-14)7-15/h4-5,9H,2-3,6-7,14H2,1H3. The Morgan fingerprint density at radius 1 is 1.63 bits per heavy atom. The number of rotatable bonds is 3. The molecule has 2 rings (SSSR count). The second-order valence-electron chi connectivity index (χ2n) is 4.52. The molecule has 7 heteroatoms. The van der Waals surface area contributed by atoms with Crippen molar-refractivity contribution < 1.29 is 9.66 Å². The maximum Gasteiger partial charge on any atom is 0.273 e. The second kappa shape index (κ2) is 5.85. The van der Waals surface area contributed by atoms with E-state index >= 15 is 0 Å². The number of anilines is 1. The van der Waals surface area contributed by atoms with E-state index in [1.165, 1.54) is 0 Å². The third-order valence-corrected chi connectivity index (χ3v) is 3.84. The van der Waals surface area contributed by atoms with Crippen molar-refractivity contribution in [3.63, 3.8) is 0 Å². The van der Waals surface area contributed by atoms with Crippen LogP contribution in [0, 0.1) is 17.0 Å². The smallest absolute Gasteiger partial charge is 0.273 e. The maximum atomic E-state index is 10.9. The van der Waals surface area contributed by atoms with Gasteiger partial charge in [-0.25, -0.2) is 0 Å². The molecule has 1 fully saturated rings. The predicted molar refractivity (Wildman–Crippen MR) is 76.5 cm³/mol. The number of nitro groups is 1. The fraction of sp³-hybridized carbons (Fsp3) is 0.500. The maximum absolute atomic E-state index is 10.9. The molecule has 2 N–H and O–H groups in total. The highest BCUT2D eigenvalue weighted by Gasteiger charge is 2.23. The number of hydrogen-bond donors (Lipinski definition) is 1. The minimum absolute atomic E-state index is 0.0103. The Hall–Kier alpha value is -1.18. The molecule has 1 aliphatic rings. The average molecular weight is 330 g/mol. The molecule has 0 spiro atoms. The first-order chi connectivity index (χ1) is 9.02. The first-order valence-electron chi connectivity index (χ1n) is 6.04. The molecular formula is C12H16BrN3O3. The van der Waals surface area contributed by atoms with Crippen LogP contribution < -0.4 is 10.6 Å². The van der Waals surface area contributed by atoms with Crippen molar-refractivity contribution in [1.29, 1.82) is 0 Å². The second-order valence-corrected chi connectivity index (χ2v) is 5.38. The Morgan fingerprint density at radius 2 is 2.37 bits per heavy atom. The summed E-state index contributed by atoms with van der Waals surface area (Å²) in [5.74, 6) is 0. The van der Waals surface area contributed by atoms with E-state index in [4.69, 9.17) is 10.5 Å². The Balaban J connectivity index is 2.30. The molecule has 0 amide bonds. The highest BCUT2D eigenvalue weighted by Crippen LogP contribution is 2.33. The van der Waals surface area contributed by atoms with Crippen molar-refractivity contribution in [2.24, 2.45) is 5.73 Å². The van der Waals surface area contributed by atoms with E-state index in [1.807, 2.05) is 6.07 Å². The molecule has 0 aliphatic carbocycles. The summed E-state index contributed by atoms with van der Waals surface area (Å²) in [6.07, 6.45) is 0.0103. The molecule has 1 saturated heterocycles. The third-order valence-electron chi connectivity index (χ3n) is 3.20. The number of nitrogens with two attached hydrogens (primary N) is 1. The summed E-state index contributed by atoms with van der Waals surface area (Å²) in [4.78, 5) is 12.7. The molecule has 1 aromatic carbocycles. The molecule has 1 aliphatic heterocycles. The zero-order valence-corrected chi connectivity index (χ0v) is 12.2. The van der Waals surface area contributed by atoms with Gasteiger partial charge in [-0.2, -0.15) is 0 Å². The molecule has 0 bridgehead atoms. The number of nitro benzene ring substituents is 1. The minimum atomic E-state index is -0.369. The summed E-state index contributed by atoms with van der Waals surface area (Å²) in [6.45, 7) is 4.29. The zero-order chi connectivity index (χ0) is 14.0. The third kappa shape index (κ3) is 3.05. The Kier molecular flexibility index (Phi) is 4.38. The van der Waals surface area contributed by atoms with Crippen LogP contribution in [0.4, 0.5) is 11.4 Å².